The van der Waals surface area contributed by atoms with Crippen LogP contribution in [0, 0.1) is 0 Å². The number of aldehydes is 1. The van der Waals surface area contributed by atoms with Crippen molar-refractivity contribution in [3.8, 4) is 5.75 Å². The summed E-state index contributed by atoms with van der Waals surface area (Å²) >= 11 is 0. The van der Waals surface area contributed by atoms with E-state index < -0.39 is 0 Å². The van der Waals surface area contributed by atoms with E-state index in [-0.39, 0.29) is 12.2 Å². The summed E-state index contributed by atoms with van der Waals surface area (Å²) in [6, 6.07) is 0. The molecule has 0 bridgehead atoms. The maximum Gasteiger partial charge on any atom is 0.155 e. The van der Waals surface area contributed by atoms with Gasteiger partial charge in [0.25, 0.3) is 0 Å². The van der Waals surface area contributed by atoms with Gasteiger partial charge in [-0.05, 0) is 12.8 Å². The summed E-state index contributed by atoms with van der Waals surface area (Å²) in [6.07, 6.45) is 8.29. The highest BCUT2D eigenvalue weighted by Gasteiger charge is 2.19. The maximum absolute atomic E-state index is 10.4. The van der Waals surface area contributed by atoms with Gasteiger partial charge in [0.2, 0.25) is 0 Å². The van der Waals surface area contributed by atoms with E-state index in [0.29, 0.717) is 11.6 Å². The van der Waals surface area contributed by atoms with E-state index in [1.54, 1.807) is 0 Å². The van der Waals surface area contributed by atoms with Crippen LogP contribution in [0.2, 0.25) is 0 Å². The normalized spacial score (nSPS) is 17.2. The Morgan fingerprint density at radius 2 is 2.12 bits per heavy atom. The molecule has 4 heteroatoms. The quantitative estimate of drug-likeness (QED) is 0.791. The summed E-state index contributed by atoms with van der Waals surface area (Å²) in [5.41, 5.74) is 0.450. The first kappa shape index (κ1) is 11.0. The first-order valence-electron chi connectivity index (χ1n) is 5.79. The SMILES string of the molecule is O=CCc1nc(C2CCCCC2)ncc1O. The second kappa shape index (κ2) is 5.05. The van der Waals surface area contributed by atoms with Crippen molar-refractivity contribution in [1.82, 2.24) is 9.97 Å². The standard InChI is InChI=1S/C12H16N2O2/c15-7-6-10-11(16)8-13-12(14-10)9-4-2-1-3-5-9/h7-9,16H,1-6H2. The molecule has 0 spiro atoms. The number of aromatic nitrogens is 2. The van der Waals surface area contributed by atoms with Crippen LogP contribution in [-0.2, 0) is 11.2 Å². The second-order valence-electron chi connectivity index (χ2n) is 4.27. The number of carbonyl (C=O) groups is 1. The van der Waals surface area contributed by atoms with E-state index in [1.165, 1.54) is 25.5 Å². The van der Waals surface area contributed by atoms with Crippen LogP contribution in [0.3, 0.4) is 0 Å². The fraction of sp³-hybridized carbons (Fsp3) is 0.583. The molecule has 1 aromatic rings. The minimum absolute atomic E-state index is 0.0201. The van der Waals surface area contributed by atoms with E-state index in [9.17, 15) is 9.90 Å². The molecule has 1 N–H and O–H groups in total. The van der Waals surface area contributed by atoms with Gasteiger partial charge >= 0.3 is 0 Å². The average Bonchev–Trinajstić information content (AvgIpc) is 2.33. The zero-order valence-corrected chi connectivity index (χ0v) is 9.22. The highest BCUT2D eigenvalue weighted by molar-refractivity contribution is 5.55. The third-order valence-corrected chi connectivity index (χ3v) is 3.11. The highest BCUT2D eigenvalue weighted by Crippen LogP contribution is 2.31. The Labute approximate surface area is 94.7 Å². The van der Waals surface area contributed by atoms with Crippen molar-refractivity contribution in [2.24, 2.45) is 0 Å². The Balaban J connectivity index is 2.20. The molecule has 2 rings (SSSR count). The van der Waals surface area contributed by atoms with E-state index in [2.05, 4.69) is 9.97 Å². The van der Waals surface area contributed by atoms with Gasteiger partial charge in [0.05, 0.1) is 11.9 Å². The van der Waals surface area contributed by atoms with Crippen LogP contribution in [0.25, 0.3) is 0 Å². The molecule has 0 aliphatic heterocycles. The van der Waals surface area contributed by atoms with Gasteiger partial charge < -0.3 is 9.90 Å². The molecule has 0 amide bonds. The summed E-state index contributed by atoms with van der Waals surface area (Å²) in [6.45, 7) is 0. The van der Waals surface area contributed by atoms with Crippen LogP contribution < -0.4 is 0 Å². The molecule has 0 saturated heterocycles. The van der Waals surface area contributed by atoms with Gasteiger partial charge in [0.1, 0.15) is 12.1 Å². The lowest BCUT2D eigenvalue weighted by Gasteiger charge is -2.20. The van der Waals surface area contributed by atoms with Gasteiger partial charge in [-0.15, -0.1) is 0 Å². The minimum Gasteiger partial charge on any atom is -0.504 e. The molecule has 1 aromatic heterocycles. The van der Waals surface area contributed by atoms with Crippen LogP contribution >= 0.6 is 0 Å². The second-order valence-corrected chi connectivity index (χ2v) is 4.27. The van der Waals surface area contributed by atoms with Crippen LogP contribution in [0.4, 0.5) is 0 Å². The smallest absolute Gasteiger partial charge is 0.155 e. The maximum atomic E-state index is 10.4. The molecule has 1 aliphatic carbocycles. The monoisotopic (exact) mass is 220 g/mol. The largest absolute Gasteiger partial charge is 0.504 e. The molecule has 16 heavy (non-hydrogen) atoms. The van der Waals surface area contributed by atoms with Gasteiger partial charge in [-0.25, -0.2) is 9.97 Å². The van der Waals surface area contributed by atoms with Crippen molar-refractivity contribution >= 4 is 6.29 Å². The lowest BCUT2D eigenvalue weighted by molar-refractivity contribution is -0.107. The third-order valence-electron chi connectivity index (χ3n) is 3.11. The zero-order valence-electron chi connectivity index (χ0n) is 9.22. The molecule has 1 aliphatic rings. The topological polar surface area (TPSA) is 63.1 Å². The molecule has 0 radical (unpaired) electrons. The van der Waals surface area contributed by atoms with Gasteiger partial charge in [-0.3, -0.25) is 0 Å². The van der Waals surface area contributed by atoms with Crippen LogP contribution in [0.1, 0.15) is 49.5 Å². The number of hydrogen-bond acceptors (Lipinski definition) is 4. The number of carbonyl (C=O) groups excluding carboxylic acids is 1. The van der Waals surface area contributed by atoms with Crippen molar-refractivity contribution in [1.29, 1.82) is 0 Å². The van der Waals surface area contributed by atoms with Crippen LogP contribution in [0.15, 0.2) is 6.20 Å². The summed E-state index contributed by atoms with van der Waals surface area (Å²) in [5.74, 6) is 1.21. The average molecular weight is 220 g/mol. The Hall–Kier alpha value is -1.45. The Kier molecular flexibility index (Phi) is 3.49. The van der Waals surface area contributed by atoms with Crippen molar-refractivity contribution < 1.29 is 9.90 Å². The lowest BCUT2D eigenvalue weighted by Crippen LogP contribution is -2.10. The molecule has 0 unspecified atom stereocenters. The summed E-state index contributed by atoms with van der Waals surface area (Å²) in [7, 11) is 0. The van der Waals surface area contributed by atoms with Crippen molar-refractivity contribution in [3.63, 3.8) is 0 Å². The molecule has 1 fully saturated rings. The van der Waals surface area contributed by atoms with E-state index >= 15 is 0 Å². The molecule has 1 saturated carbocycles. The highest BCUT2D eigenvalue weighted by atomic mass is 16.3. The Morgan fingerprint density at radius 1 is 1.38 bits per heavy atom. The fourth-order valence-electron chi connectivity index (χ4n) is 2.21. The summed E-state index contributed by atoms with van der Waals surface area (Å²) in [5, 5.41) is 9.48. The van der Waals surface area contributed by atoms with Gasteiger partial charge in [0, 0.05) is 12.3 Å². The van der Waals surface area contributed by atoms with Gasteiger partial charge in [-0.1, -0.05) is 19.3 Å². The molecule has 0 atom stereocenters. The number of aromatic hydroxyl groups is 1. The van der Waals surface area contributed by atoms with Crippen LogP contribution in [-0.4, -0.2) is 21.4 Å². The van der Waals surface area contributed by atoms with Crippen molar-refractivity contribution in [2.45, 2.75) is 44.4 Å². The molecular weight excluding hydrogens is 204 g/mol. The van der Waals surface area contributed by atoms with Gasteiger partial charge in [0.15, 0.2) is 5.75 Å². The van der Waals surface area contributed by atoms with Crippen LogP contribution in [0.5, 0.6) is 5.75 Å². The molecule has 1 heterocycles. The first-order valence-corrected chi connectivity index (χ1v) is 5.79. The first-order chi connectivity index (χ1) is 7.81. The number of rotatable bonds is 3. The van der Waals surface area contributed by atoms with Crippen molar-refractivity contribution in [3.05, 3.63) is 17.7 Å². The third kappa shape index (κ3) is 2.38. The Bertz CT molecular complexity index is 373. The van der Waals surface area contributed by atoms with E-state index in [0.717, 1.165) is 25.0 Å². The predicted molar refractivity (Wildman–Crippen MR) is 59.3 cm³/mol. The lowest BCUT2D eigenvalue weighted by atomic mass is 9.88. The molecule has 0 aromatic carbocycles. The number of nitrogens with zero attached hydrogens (tertiary/aromatic N) is 2. The number of hydrogen-bond donors (Lipinski definition) is 1. The molecule has 4 nitrogen and oxygen atoms in total. The van der Waals surface area contributed by atoms with E-state index in [1.807, 2.05) is 0 Å². The summed E-state index contributed by atoms with van der Waals surface area (Å²) < 4.78 is 0. The minimum atomic E-state index is 0.0201. The van der Waals surface area contributed by atoms with Gasteiger partial charge in [-0.2, -0.15) is 0 Å². The predicted octanol–water partition coefficient (Wildman–Crippen LogP) is 1.97. The Morgan fingerprint density at radius 3 is 2.81 bits per heavy atom. The molecule has 86 valence electrons. The van der Waals surface area contributed by atoms with Crippen molar-refractivity contribution in [2.75, 3.05) is 0 Å². The fourth-order valence-corrected chi connectivity index (χ4v) is 2.21. The van der Waals surface area contributed by atoms with E-state index in [4.69, 9.17) is 0 Å². The zero-order chi connectivity index (χ0) is 11.4. The summed E-state index contributed by atoms with van der Waals surface area (Å²) in [4.78, 5) is 18.9. The molecular formula is C12H16N2O2.